The SMILES string of the molecule is CC(=Nc1c(C)ccc2c1ccc1c(N(c3ccccc3)c3cccc(-c4cccc5c4sc4c#cccc45)c3)cccc12)c1ccccc1. The van der Waals surface area contributed by atoms with Gasteiger partial charge in [0, 0.05) is 43.3 Å². The van der Waals surface area contributed by atoms with Crippen molar-refractivity contribution in [1.29, 1.82) is 0 Å². The second-order valence-electron chi connectivity index (χ2n) is 12.7. The van der Waals surface area contributed by atoms with E-state index in [1.807, 2.05) is 12.1 Å². The van der Waals surface area contributed by atoms with Gasteiger partial charge in [-0.2, -0.15) is 0 Å². The Kier molecular flexibility index (Phi) is 7.38. The van der Waals surface area contributed by atoms with Gasteiger partial charge in [0.1, 0.15) is 0 Å². The van der Waals surface area contributed by atoms with Crippen LogP contribution in [0.5, 0.6) is 0 Å². The van der Waals surface area contributed by atoms with Crippen molar-refractivity contribution >= 4 is 81.5 Å². The van der Waals surface area contributed by atoms with Crippen LogP contribution in [-0.2, 0) is 0 Å². The molecule has 0 aliphatic rings. The highest BCUT2D eigenvalue weighted by Crippen LogP contribution is 2.44. The lowest BCUT2D eigenvalue weighted by Crippen LogP contribution is -2.10. The summed E-state index contributed by atoms with van der Waals surface area (Å²) in [4.78, 5) is 7.58. The third-order valence-corrected chi connectivity index (χ3v) is 10.8. The summed E-state index contributed by atoms with van der Waals surface area (Å²) in [6, 6.07) is 62.8. The highest BCUT2D eigenvalue weighted by atomic mass is 32.1. The number of nitrogens with zero attached hydrogens (tertiary/aromatic N) is 2. The van der Waals surface area contributed by atoms with E-state index >= 15 is 0 Å². The van der Waals surface area contributed by atoms with E-state index in [1.54, 1.807) is 11.3 Å². The average molecular weight is 657 g/mol. The second kappa shape index (κ2) is 12.3. The third-order valence-electron chi connectivity index (χ3n) is 9.62. The Hall–Kier alpha value is -6.21. The van der Waals surface area contributed by atoms with Crippen LogP contribution in [0.15, 0.2) is 163 Å². The molecule has 0 aliphatic heterocycles. The van der Waals surface area contributed by atoms with Crippen molar-refractivity contribution in [3.63, 3.8) is 0 Å². The molecule has 9 aromatic rings. The minimum absolute atomic E-state index is 1.01. The highest BCUT2D eigenvalue weighted by molar-refractivity contribution is 7.26. The maximum atomic E-state index is 5.19. The largest absolute Gasteiger partial charge is 0.310 e. The topological polar surface area (TPSA) is 15.6 Å². The van der Waals surface area contributed by atoms with Gasteiger partial charge in [-0.25, -0.2) is 0 Å². The van der Waals surface area contributed by atoms with Crippen LogP contribution in [-0.4, -0.2) is 5.71 Å². The van der Waals surface area contributed by atoms with Gasteiger partial charge in [-0.15, -0.1) is 11.3 Å². The fraction of sp³-hybridized carbons (Fsp3) is 0.0426. The number of benzene rings is 7. The van der Waals surface area contributed by atoms with Crippen LogP contribution in [0.1, 0.15) is 18.1 Å². The van der Waals surface area contributed by atoms with Gasteiger partial charge in [-0.1, -0.05) is 127 Å². The van der Waals surface area contributed by atoms with Gasteiger partial charge in [-0.05, 0) is 89.3 Å². The van der Waals surface area contributed by atoms with Crippen molar-refractivity contribution < 1.29 is 0 Å². The predicted octanol–water partition coefficient (Wildman–Crippen LogP) is 13.5. The lowest BCUT2D eigenvalue weighted by molar-refractivity contribution is 1.30. The van der Waals surface area contributed by atoms with Crippen molar-refractivity contribution in [2.75, 3.05) is 4.90 Å². The third kappa shape index (κ3) is 5.10. The Balaban J connectivity index is 1.22. The number of aryl methyl sites for hydroxylation is 1. The molecule has 0 saturated carbocycles. The molecule has 3 heteroatoms. The van der Waals surface area contributed by atoms with Gasteiger partial charge >= 0.3 is 0 Å². The van der Waals surface area contributed by atoms with Gasteiger partial charge < -0.3 is 4.90 Å². The molecular weight excluding hydrogens is 625 g/mol. The summed E-state index contributed by atoms with van der Waals surface area (Å²) in [5, 5.41) is 7.23. The summed E-state index contributed by atoms with van der Waals surface area (Å²) in [5.74, 6) is 0. The fourth-order valence-electron chi connectivity index (χ4n) is 7.18. The Labute approximate surface area is 296 Å². The number of thiophene rings is 1. The van der Waals surface area contributed by atoms with Crippen LogP contribution in [0.2, 0.25) is 0 Å². The number of fused-ring (bicyclic) bond motifs is 6. The molecule has 0 aliphatic carbocycles. The fourth-order valence-corrected chi connectivity index (χ4v) is 8.36. The number of rotatable bonds is 6. The predicted molar refractivity (Wildman–Crippen MR) is 215 cm³/mol. The van der Waals surface area contributed by atoms with E-state index in [1.165, 1.54) is 42.8 Å². The Morgan fingerprint density at radius 1 is 0.600 bits per heavy atom. The molecule has 236 valence electrons. The molecule has 0 spiro atoms. The number of hydrogen-bond donors (Lipinski definition) is 0. The first kappa shape index (κ1) is 29.9. The molecule has 0 N–H and O–H groups in total. The minimum Gasteiger partial charge on any atom is -0.310 e. The van der Waals surface area contributed by atoms with Crippen molar-refractivity contribution in [3.8, 4) is 11.1 Å². The Morgan fingerprint density at radius 3 is 2.16 bits per heavy atom. The highest BCUT2D eigenvalue weighted by Gasteiger charge is 2.19. The van der Waals surface area contributed by atoms with E-state index in [-0.39, 0.29) is 0 Å². The number of para-hydroxylation sites is 1. The molecule has 8 aromatic carbocycles. The summed E-state index contributed by atoms with van der Waals surface area (Å²) in [6.07, 6.45) is 0. The maximum absolute atomic E-state index is 5.19. The van der Waals surface area contributed by atoms with Crippen LogP contribution in [0.4, 0.5) is 22.7 Å². The molecule has 9 rings (SSSR count). The monoisotopic (exact) mass is 656 g/mol. The van der Waals surface area contributed by atoms with Crippen molar-refractivity contribution in [2.45, 2.75) is 13.8 Å². The van der Waals surface area contributed by atoms with Gasteiger partial charge in [0.05, 0.1) is 16.1 Å². The molecule has 0 amide bonds. The molecule has 50 heavy (non-hydrogen) atoms. The first-order valence-corrected chi connectivity index (χ1v) is 17.7. The van der Waals surface area contributed by atoms with Gasteiger partial charge in [0.15, 0.2) is 0 Å². The van der Waals surface area contributed by atoms with Crippen LogP contribution in [0.25, 0.3) is 52.8 Å². The van der Waals surface area contributed by atoms with Gasteiger partial charge in [-0.3, -0.25) is 4.99 Å². The number of aliphatic imine (C=N–C) groups is 1. The standard InChI is InChI=1S/C47H32N2S/c1-31-26-27-39-38-22-13-24-44(40(38)28-29-42(39)46(31)48-32(2)33-14-5-3-6-15-33)49(35-17-7-4-8-18-35)36-19-11-16-34(30-36)37-21-12-23-43-41-20-9-10-25-45(41)50-47(37)43/h3-9,11-24,26-30H,1-2H3. The molecule has 1 heterocycles. The lowest BCUT2D eigenvalue weighted by Gasteiger charge is -2.27. The maximum Gasteiger partial charge on any atom is 0.0857 e. The average Bonchev–Trinajstić information content (AvgIpc) is 3.56. The van der Waals surface area contributed by atoms with E-state index < -0.39 is 0 Å². The van der Waals surface area contributed by atoms with E-state index in [9.17, 15) is 0 Å². The zero-order chi connectivity index (χ0) is 33.6. The molecule has 0 unspecified atom stereocenters. The molecule has 0 radical (unpaired) electrons. The zero-order valence-electron chi connectivity index (χ0n) is 27.8. The number of anilines is 3. The van der Waals surface area contributed by atoms with Crippen molar-refractivity contribution in [1.82, 2.24) is 0 Å². The summed E-state index contributed by atoms with van der Waals surface area (Å²) >= 11 is 1.79. The lowest BCUT2D eigenvalue weighted by atomic mass is 9.96. The minimum atomic E-state index is 1.01. The van der Waals surface area contributed by atoms with E-state index in [0.29, 0.717) is 0 Å². The summed E-state index contributed by atoms with van der Waals surface area (Å²) < 4.78 is 2.41. The van der Waals surface area contributed by atoms with Crippen molar-refractivity contribution in [3.05, 3.63) is 181 Å². The normalized spacial score (nSPS) is 11.8. The zero-order valence-corrected chi connectivity index (χ0v) is 28.6. The molecule has 0 bridgehead atoms. The smallest absolute Gasteiger partial charge is 0.0857 e. The molecule has 0 fully saturated rings. The molecule has 2 nitrogen and oxygen atoms in total. The first-order chi connectivity index (χ1) is 24.6. The Bertz CT molecular complexity index is 2720. The molecular formula is C47H32N2S. The first-order valence-electron chi connectivity index (χ1n) is 16.9. The Morgan fingerprint density at radius 2 is 1.30 bits per heavy atom. The van der Waals surface area contributed by atoms with Crippen LogP contribution >= 0.6 is 11.3 Å². The summed E-state index contributed by atoms with van der Waals surface area (Å²) in [5.41, 5.74) is 10.1. The molecule has 0 atom stereocenters. The van der Waals surface area contributed by atoms with Gasteiger partial charge in [0.2, 0.25) is 0 Å². The van der Waals surface area contributed by atoms with Gasteiger partial charge in [0.25, 0.3) is 0 Å². The molecule has 1 aromatic heterocycles. The van der Waals surface area contributed by atoms with Crippen LogP contribution in [0, 0.1) is 19.1 Å². The van der Waals surface area contributed by atoms with E-state index in [0.717, 1.165) is 49.7 Å². The van der Waals surface area contributed by atoms with Crippen LogP contribution < -0.4 is 4.90 Å². The second-order valence-corrected chi connectivity index (χ2v) is 13.7. The van der Waals surface area contributed by atoms with Crippen molar-refractivity contribution in [2.24, 2.45) is 4.99 Å². The quantitative estimate of drug-likeness (QED) is 0.128. The summed E-state index contributed by atoms with van der Waals surface area (Å²) in [6.45, 7) is 4.24. The van der Waals surface area contributed by atoms with E-state index in [4.69, 9.17) is 4.99 Å². The number of hydrogen-bond acceptors (Lipinski definition) is 3. The molecule has 0 saturated heterocycles. The van der Waals surface area contributed by atoms with Crippen LogP contribution in [0.3, 0.4) is 0 Å². The van der Waals surface area contributed by atoms with E-state index in [2.05, 4.69) is 176 Å². The summed E-state index contributed by atoms with van der Waals surface area (Å²) in [7, 11) is 0.